The number of fused-ring (bicyclic) bond motifs is 15. The van der Waals surface area contributed by atoms with Gasteiger partial charge >= 0.3 is 0 Å². The lowest BCUT2D eigenvalue weighted by molar-refractivity contribution is 0.668. The van der Waals surface area contributed by atoms with E-state index in [1.165, 1.54) is 0 Å². The summed E-state index contributed by atoms with van der Waals surface area (Å²) in [6.07, 6.45) is 1.84. The summed E-state index contributed by atoms with van der Waals surface area (Å²) in [5, 5.41) is 23.1. The third kappa shape index (κ3) is 7.93. The van der Waals surface area contributed by atoms with Crippen LogP contribution in [0.3, 0.4) is 0 Å². The molecule has 0 atom stereocenters. The topological polar surface area (TPSA) is 69.5 Å². The molecule has 0 aliphatic rings. The van der Waals surface area contributed by atoms with Crippen molar-refractivity contribution in [3.8, 4) is 84.5 Å². The van der Waals surface area contributed by atoms with Gasteiger partial charge in [0.15, 0.2) is 5.58 Å². The molecule has 0 amide bonds. The van der Waals surface area contributed by atoms with E-state index in [0.29, 0.717) is 28.1 Å². The Balaban J connectivity index is 1.11. The normalized spacial score (nSPS) is 11.9. The minimum atomic E-state index is 0.471. The number of furan rings is 1. The fraction of sp³-hybridized carbons (Fsp3) is 0. The average Bonchev–Trinajstić information content (AvgIpc) is 1.58. The molecule has 7 heteroatoms. The number of nitriles is 1. The van der Waals surface area contributed by atoms with Crippen LogP contribution in [0.5, 0.6) is 0 Å². The van der Waals surface area contributed by atoms with Gasteiger partial charge in [-0.25, -0.2) is 0 Å². The maximum atomic E-state index is 13.6. The van der Waals surface area contributed by atoms with Gasteiger partial charge in [-0.2, -0.15) is 5.26 Å². The predicted molar refractivity (Wildman–Crippen MR) is 401 cm³/mol. The summed E-state index contributed by atoms with van der Waals surface area (Å²) in [7, 11) is 0. The molecule has 0 saturated carbocycles. The number of hydrogen-bond acceptors (Lipinski definition) is 3. The first kappa shape index (κ1) is 54.3. The summed E-state index contributed by atoms with van der Waals surface area (Å²) in [5.41, 5.74) is 23.9. The van der Waals surface area contributed by atoms with Gasteiger partial charge in [0.05, 0.1) is 66.9 Å². The van der Waals surface area contributed by atoms with Gasteiger partial charge in [0.2, 0.25) is 0 Å². The number of para-hydroxylation sites is 4. The maximum Gasteiger partial charge on any atom is 0.153 e. The summed E-state index contributed by atoms with van der Waals surface area (Å²) in [5.74, 6) is 0. The number of hydrogen-bond donors (Lipinski definition) is 0. The third-order valence-electron chi connectivity index (χ3n) is 20.0. The van der Waals surface area contributed by atoms with E-state index in [1.807, 2.05) is 18.3 Å². The molecule has 0 bridgehead atoms. The smallest absolute Gasteiger partial charge is 0.153 e. The summed E-state index contributed by atoms with van der Waals surface area (Å²) in [6, 6.07) is 119. The van der Waals surface area contributed by atoms with E-state index in [-0.39, 0.29) is 0 Å². The van der Waals surface area contributed by atoms with Crippen LogP contribution in [0.4, 0.5) is 0 Å². The van der Waals surface area contributed by atoms with Crippen molar-refractivity contribution in [1.29, 1.82) is 5.26 Å². The second-order valence-corrected chi connectivity index (χ2v) is 25.1. The van der Waals surface area contributed by atoms with Crippen LogP contribution in [0, 0.1) is 11.3 Å². The van der Waals surface area contributed by atoms with E-state index < -0.39 is 0 Å². The van der Waals surface area contributed by atoms with E-state index >= 15 is 0 Å². The molecule has 450 valence electrons. The molecule has 0 spiro atoms. The highest BCUT2D eigenvalue weighted by Gasteiger charge is 2.36. The van der Waals surface area contributed by atoms with Crippen LogP contribution >= 0.6 is 0 Å². The minimum Gasteiger partial charge on any atom is -0.454 e. The van der Waals surface area contributed by atoms with E-state index in [2.05, 4.69) is 334 Å². The molecule has 20 aromatic rings. The first-order chi connectivity index (χ1) is 48.2. The van der Waals surface area contributed by atoms with Gasteiger partial charge in [-0.05, 0) is 123 Å². The van der Waals surface area contributed by atoms with Crippen LogP contribution in [-0.2, 0) is 0 Å². The zero-order valence-electron chi connectivity index (χ0n) is 52.3. The van der Waals surface area contributed by atoms with Gasteiger partial charge in [0, 0.05) is 60.2 Å². The molecule has 0 saturated heterocycles. The second-order valence-electron chi connectivity index (χ2n) is 25.1. The molecular formula is C90H54N6O. The van der Waals surface area contributed by atoms with Crippen molar-refractivity contribution >= 4 is 109 Å². The fourth-order valence-corrected chi connectivity index (χ4v) is 16.2. The van der Waals surface area contributed by atoms with Gasteiger partial charge < -0.3 is 22.7 Å². The fourth-order valence-electron chi connectivity index (χ4n) is 16.2. The molecule has 0 fully saturated rings. The monoisotopic (exact) mass is 1230 g/mol. The molecule has 97 heavy (non-hydrogen) atoms. The zero-order valence-corrected chi connectivity index (χ0v) is 52.3. The van der Waals surface area contributed by atoms with Gasteiger partial charge in [0.1, 0.15) is 22.7 Å². The van der Waals surface area contributed by atoms with Crippen molar-refractivity contribution in [3.63, 3.8) is 0 Å². The second kappa shape index (κ2) is 21.4. The number of aromatic nitrogens is 5. The molecule has 0 aliphatic heterocycles. The van der Waals surface area contributed by atoms with Crippen LogP contribution in [0.15, 0.2) is 332 Å². The van der Waals surface area contributed by atoms with Crippen LogP contribution in [0.1, 0.15) is 5.56 Å². The lowest BCUT2D eigenvalue weighted by Gasteiger charge is -2.29. The first-order valence-electron chi connectivity index (χ1n) is 32.9. The van der Waals surface area contributed by atoms with Crippen molar-refractivity contribution in [2.24, 2.45) is 0 Å². The number of rotatable bonds is 9. The molecule has 0 aliphatic carbocycles. The first-order valence-corrected chi connectivity index (χ1v) is 32.9. The van der Waals surface area contributed by atoms with E-state index in [9.17, 15) is 5.26 Å². The number of benzene rings is 14. The van der Waals surface area contributed by atoms with Gasteiger partial charge in [0.25, 0.3) is 0 Å². The number of nitrogens with zero attached hydrogens (tertiary/aromatic N) is 6. The lowest BCUT2D eigenvalue weighted by Crippen LogP contribution is -2.16. The van der Waals surface area contributed by atoms with Crippen LogP contribution in [-0.4, -0.2) is 23.3 Å². The van der Waals surface area contributed by atoms with Crippen molar-refractivity contribution in [2.45, 2.75) is 0 Å². The van der Waals surface area contributed by atoms with Crippen molar-refractivity contribution in [2.75, 3.05) is 0 Å². The summed E-state index contributed by atoms with van der Waals surface area (Å²) in [6.45, 7) is 0. The van der Waals surface area contributed by atoms with Gasteiger partial charge in [-0.1, -0.05) is 249 Å². The quantitative estimate of drug-likeness (QED) is 0.145. The van der Waals surface area contributed by atoms with Crippen LogP contribution in [0.25, 0.3) is 188 Å². The zero-order chi connectivity index (χ0) is 63.8. The third-order valence-corrected chi connectivity index (χ3v) is 20.0. The highest BCUT2D eigenvalue weighted by Crippen LogP contribution is 2.54. The lowest BCUT2D eigenvalue weighted by atomic mass is 9.92. The maximum absolute atomic E-state index is 13.6. The Morgan fingerprint density at radius 2 is 0.598 bits per heavy atom. The van der Waals surface area contributed by atoms with Crippen molar-refractivity contribution in [1.82, 2.24) is 23.3 Å². The summed E-state index contributed by atoms with van der Waals surface area (Å²) in [4.78, 5) is 4.94. The standard InChI is InChI=1S/C90H54N6O/c91-55-70-87(93-71-42-17-13-34-65(71)82-61(38-21-46-75(82)93)56-26-5-1-6-27-56)89(95-73-44-19-15-36-67(73)84-63(40-23-48-77(84)95)58-30-9-3-10-31-58)81(60-51-52-69-80(54-60)97-79-50-25-53-92-86(69)79)90(96-74-45-20-16-37-68(74)85-64(41-24-49-78(85)96)59-32-11-4-12-33-59)88(70)94-72-43-18-14-35-66(72)83-62(39-22-47-76(83)94)57-28-7-2-8-29-57/h1-54H. The molecule has 20 rings (SSSR count). The van der Waals surface area contributed by atoms with Gasteiger partial charge in [-0.3, -0.25) is 4.98 Å². The Bertz CT molecular complexity index is 6340. The SMILES string of the molecule is N#Cc1c(-n2c3ccccc3c3c(-c4ccccc4)cccc32)c(-n2c3ccccc3c3c(-c4ccccc4)cccc32)c(-c2ccc3c(c2)oc2cccnc23)c(-n2c3ccccc3c3c(-c4ccccc4)cccc32)c1-n1c2ccccc2c2c(-c3ccccc3)cccc21. The van der Waals surface area contributed by atoms with E-state index in [0.717, 1.165) is 165 Å². The average molecular weight is 1240 g/mol. The molecule has 7 nitrogen and oxygen atoms in total. The number of pyridine rings is 1. The highest BCUT2D eigenvalue weighted by atomic mass is 16.3. The van der Waals surface area contributed by atoms with Gasteiger partial charge in [-0.15, -0.1) is 0 Å². The Morgan fingerprint density at radius 1 is 0.268 bits per heavy atom. The molecule has 6 heterocycles. The molecule has 14 aromatic carbocycles. The highest BCUT2D eigenvalue weighted by molar-refractivity contribution is 6.23. The Labute approximate surface area is 556 Å². The van der Waals surface area contributed by atoms with Crippen LogP contribution in [0.2, 0.25) is 0 Å². The van der Waals surface area contributed by atoms with Crippen molar-refractivity contribution in [3.05, 3.63) is 333 Å². The molecule has 0 N–H and O–H groups in total. The molecule has 6 aromatic heterocycles. The Hall–Kier alpha value is -13.3. The van der Waals surface area contributed by atoms with Crippen molar-refractivity contribution < 1.29 is 4.42 Å². The predicted octanol–water partition coefficient (Wildman–Crippen LogP) is 23.6. The van der Waals surface area contributed by atoms with E-state index in [4.69, 9.17) is 9.40 Å². The van der Waals surface area contributed by atoms with E-state index in [1.54, 1.807) is 0 Å². The molecule has 0 radical (unpaired) electrons. The minimum absolute atomic E-state index is 0.471. The summed E-state index contributed by atoms with van der Waals surface area (Å²) >= 11 is 0. The Kier molecular flexibility index (Phi) is 12.0. The van der Waals surface area contributed by atoms with Crippen LogP contribution < -0.4 is 0 Å². The Morgan fingerprint density at radius 3 is 0.959 bits per heavy atom. The largest absolute Gasteiger partial charge is 0.454 e. The summed E-state index contributed by atoms with van der Waals surface area (Å²) < 4.78 is 16.9. The molecular weight excluding hydrogens is 1180 g/mol. The molecule has 0 unspecified atom stereocenters.